The highest BCUT2D eigenvalue weighted by Gasteiger charge is 2.10. The van der Waals surface area contributed by atoms with E-state index in [2.05, 4.69) is 15.1 Å². The lowest BCUT2D eigenvalue weighted by Crippen LogP contribution is -2.09. The van der Waals surface area contributed by atoms with Gasteiger partial charge in [-0.15, -0.1) is 0 Å². The van der Waals surface area contributed by atoms with Crippen molar-refractivity contribution in [3.05, 3.63) is 36.7 Å². The average molecular weight is 275 g/mol. The van der Waals surface area contributed by atoms with Crippen LogP contribution in [0.25, 0.3) is 11.0 Å². The molecule has 0 fully saturated rings. The van der Waals surface area contributed by atoms with Crippen molar-refractivity contribution in [1.82, 2.24) is 19.7 Å². The smallest absolute Gasteiger partial charge is 0.197 e. The molecule has 1 atom stereocenters. The quantitative estimate of drug-likeness (QED) is 0.699. The monoisotopic (exact) mass is 275 g/mol. The Morgan fingerprint density at radius 3 is 3.11 bits per heavy atom. The third-order valence-corrected chi connectivity index (χ3v) is 3.94. The Kier molecular flexibility index (Phi) is 3.04. The Hall–Kier alpha value is -2.15. The minimum Gasteiger partial charge on any atom is -0.399 e. The number of hydrogen-bond acceptors (Lipinski definition) is 4. The number of aromatic amines is 1. The number of fused-ring (bicyclic) bond motifs is 1. The van der Waals surface area contributed by atoms with E-state index in [-0.39, 0.29) is 0 Å². The zero-order valence-corrected chi connectivity index (χ0v) is 10.9. The van der Waals surface area contributed by atoms with E-state index in [0.29, 0.717) is 23.1 Å². The maximum Gasteiger partial charge on any atom is 0.197 e. The zero-order valence-electron chi connectivity index (χ0n) is 10.1. The zero-order chi connectivity index (χ0) is 13.2. The predicted octanol–water partition coefficient (Wildman–Crippen LogP) is 1.15. The van der Waals surface area contributed by atoms with Gasteiger partial charge in [0.15, 0.2) is 5.16 Å². The van der Waals surface area contributed by atoms with Crippen molar-refractivity contribution < 1.29 is 4.21 Å². The topological polar surface area (TPSA) is 89.6 Å². The Labute approximate surface area is 112 Å². The second-order valence-corrected chi connectivity index (χ2v) is 5.62. The predicted molar refractivity (Wildman–Crippen MR) is 74.0 cm³/mol. The van der Waals surface area contributed by atoms with Crippen LogP contribution in [-0.4, -0.2) is 29.7 Å². The minimum absolute atomic E-state index is 0.469. The molecule has 3 aromatic rings. The summed E-state index contributed by atoms with van der Waals surface area (Å²) >= 11 is 0. The van der Waals surface area contributed by atoms with Crippen LogP contribution in [0.3, 0.4) is 0 Å². The van der Waals surface area contributed by atoms with Crippen molar-refractivity contribution in [3.8, 4) is 0 Å². The molecule has 6 nitrogen and oxygen atoms in total. The number of benzene rings is 1. The molecule has 0 amide bonds. The van der Waals surface area contributed by atoms with Gasteiger partial charge in [-0.2, -0.15) is 5.10 Å². The highest BCUT2D eigenvalue weighted by molar-refractivity contribution is 7.84. The number of H-pyrrole nitrogens is 1. The van der Waals surface area contributed by atoms with E-state index in [1.165, 1.54) is 0 Å². The fourth-order valence-electron chi connectivity index (χ4n) is 1.82. The first-order valence-corrected chi connectivity index (χ1v) is 7.15. The van der Waals surface area contributed by atoms with E-state index < -0.39 is 10.8 Å². The molecule has 0 spiro atoms. The first-order chi connectivity index (χ1) is 9.22. The van der Waals surface area contributed by atoms with Crippen LogP contribution in [-0.2, 0) is 17.3 Å². The lowest BCUT2D eigenvalue weighted by Gasteiger charge is -1.99. The number of rotatable bonds is 4. The number of hydrogen-bond donors (Lipinski definition) is 2. The molecule has 0 aliphatic rings. The molecule has 0 saturated heterocycles. The van der Waals surface area contributed by atoms with E-state index in [9.17, 15) is 4.21 Å². The van der Waals surface area contributed by atoms with Crippen molar-refractivity contribution in [3.63, 3.8) is 0 Å². The number of anilines is 1. The van der Waals surface area contributed by atoms with Crippen molar-refractivity contribution in [1.29, 1.82) is 0 Å². The van der Waals surface area contributed by atoms with Crippen LogP contribution in [0.4, 0.5) is 5.69 Å². The van der Waals surface area contributed by atoms with Crippen LogP contribution < -0.4 is 5.73 Å². The summed E-state index contributed by atoms with van der Waals surface area (Å²) in [5.74, 6) is 0.469. The average Bonchev–Trinajstić information content (AvgIpc) is 3.04. The number of aromatic nitrogens is 4. The standard InChI is InChI=1S/C12H13N5OS/c13-9-2-3-10-11(8-9)16-12(15-10)19(18)7-6-17-5-1-4-14-17/h1-5,8H,6-7,13H2,(H,15,16). The summed E-state index contributed by atoms with van der Waals surface area (Å²) in [4.78, 5) is 7.36. The maximum absolute atomic E-state index is 12.1. The number of nitrogens with one attached hydrogen (secondary N) is 1. The Balaban J connectivity index is 1.77. The van der Waals surface area contributed by atoms with Crippen LogP contribution in [0.2, 0.25) is 0 Å². The third-order valence-electron chi connectivity index (χ3n) is 2.76. The fraction of sp³-hybridized carbons (Fsp3) is 0.167. The number of nitrogens with two attached hydrogens (primary N) is 1. The van der Waals surface area contributed by atoms with Gasteiger partial charge in [-0.05, 0) is 24.3 Å². The van der Waals surface area contributed by atoms with Crippen LogP contribution in [0.15, 0.2) is 41.8 Å². The molecule has 98 valence electrons. The van der Waals surface area contributed by atoms with Gasteiger partial charge in [-0.25, -0.2) is 4.98 Å². The highest BCUT2D eigenvalue weighted by atomic mass is 32.2. The molecular formula is C12H13N5OS. The van der Waals surface area contributed by atoms with Crippen molar-refractivity contribution >= 4 is 27.5 Å². The molecule has 2 aromatic heterocycles. The first kappa shape index (κ1) is 11.9. The molecule has 0 bridgehead atoms. The SMILES string of the molecule is Nc1ccc2nc(S(=O)CCn3cccn3)[nH]c2c1. The van der Waals surface area contributed by atoms with Gasteiger partial charge in [0.1, 0.15) is 0 Å². The molecule has 1 aromatic carbocycles. The Morgan fingerprint density at radius 2 is 2.32 bits per heavy atom. The summed E-state index contributed by atoms with van der Waals surface area (Å²) in [6, 6.07) is 7.22. The van der Waals surface area contributed by atoms with Gasteiger partial charge in [0, 0.05) is 18.1 Å². The van der Waals surface area contributed by atoms with Gasteiger partial charge in [0.25, 0.3) is 0 Å². The summed E-state index contributed by atoms with van der Waals surface area (Å²) in [7, 11) is -1.18. The van der Waals surface area contributed by atoms with Gasteiger partial charge in [-0.1, -0.05) is 0 Å². The van der Waals surface area contributed by atoms with E-state index in [0.717, 1.165) is 11.0 Å². The summed E-state index contributed by atoms with van der Waals surface area (Å²) < 4.78 is 13.9. The molecule has 3 rings (SSSR count). The fourth-order valence-corrected chi connectivity index (χ4v) is 2.79. The summed E-state index contributed by atoms with van der Waals surface area (Å²) in [6.07, 6.45) is 3.55. The highest BCUT2D eigenvalue weighted by Crippen LogP contribution is 2.16. The summed E-state index contributed by atoms with van der Waals surface area (Å²) in [5, 5.41) is 4.55. The molecule has 7 heteroatoms. The largest absolute Gasteiger partial charge is 0.399 e. The van der Waals surface area contributed by atoms with Crippen molar-refractivity contribution in [2.24, 2.45) is 0 Å². The Morgan fingerprint density at radius 1 is 1.42 bits per heavy atom. The van der Waals surface area contributed by atoms with Crippen molar-refractivity contribution in [2.45, 2.75) is 11.7 Å². The van der Waals surface area contributed by atoms with Crippen LogP contribution in [0.5, 0.6) is 0 Å². The van der Waals surface area contributed by atoms with Gasteiger partial charge < -0.3 is 10.7 Å². The van der Waals surface area contributed by atoms with Gasteiger partial charge in [0.05, 0.1) is 34.1 Å². The van der Waals surface area contributed by atoms with Gasteiger partial charge in [-0.3, -0.25) is 8.89 Å². The number of nitrogens with zero attached hydrogens (tertiary/aromatic N) is 3. The number of aryl methyl sites for hydroxylation is 1. The maximum atomic E-state index is 12.1. The van der Waals surface area contributed by atoms with E-state index in [4.69, 9.17) is 5.73 Å². The van der Waals surface area contributed by atoms with Crippen LogP contribution in [0.1, 0.15) is 0 Å². The van der Waals surface area contributed by atoms with Gasteiger partial charge >= 0.3 is 0 Å². The molecular weight excluding hydrogens is 262 g/mol. The third kappa shape index (κ3) is 2.50. The molecule has 1 unspecified atom stereocenters. The molecule has 0 aliphatic heterocycles. The molecule has 3 N–H and O–H groups in total. The normalized spacial score (nSPS) is 12.8. The van der Waals surface area contributed by atoms with E-state index >= 15 is 0 Å². The lowest BCUT2D eigenvalue weighted by atomic mass is 10.3. The number of nitrogen functional groups attached to an aromatic ring is 1. The van der Waals surface area contributed by atoms with Crippen molar-refractivity contribution in [2.75, 3.05) is 11.5 Å². The molecule has 0 radical (unpaired) electrons. The Bertz CT molecular complexity index is 719. The van der Waals surface area contributed by atoms with E-state index in [1.807, 2.05) is 18.3 Å². The van der Waals surface area contributed by atoms with Gasteiger partial charge in [0.2, 0.25) is 0 Å². The van der Waals surface area contributed by atoms with E-state index in [1.54, 1.807) is 23.0 Å². The molecule has 0 saturated carbocycles. The summed E-state index contributed by atoms with van der Waals surface area (Å²) in [5.41, 5.74) is 7.94. The minimum atomic E-state index is -1.18. The van der Waals surface area contributed by atoms with Crippen LogP contribution >= 0.6 is 0 Å². The first-order valence-electron chi connectivity index (χ1n) is 5.83. The summed E-state index contributed by atoms with van der Waals surface area (Å²) in [6.45, 7) is 0.596. The molecule has 2 heterocycles. The second kappa shape index (κ2) is 4.85. The molecule has 19 heavy (non-hydrogen) atoms. The van der Waals surface area contributed by atoms with Crippen LogP contribution in [0, 0.1) is 0 Å². The molecule has 0 aliphatic carbocycles. The second-order valence-electron chi connectivity index (χ2n) is 4.14. The number of imidazole rings is 1. The lowest BCUT2D eigenvalue weighted by molar-refractivity contribution is 0.641.